The number of nitrogens with one attached hydrogen (secondary N) is 1. The van der Waals surface area contributed by atoms with Gasteiger partial charge in [0.25, 0.3) is 5.91 Å². The molecule has 11 nitrogen and oxygen atoms in total. The molecule has 1 aliphatic heterocycles. The molecule has 3 heterocycles. The molecule has 29 heavy (non-hydrogen) atoms. The van der Waals surface area contributed by atoms with Crippen molar-refractivity contribution in [2.75, 3.05) is 18.8 Å². The monoisotopic (exact) mass is 399 g/mol. The Morgan fingerprint density at radius 1 is 1.34 bits per heavy atom. The summed E-state index contributed by atoms with van der Waals surface area (Å²) in [6.45, 7) is 2.22. The second kappa shape index (κ2) is 8.14. The van der Waals surface area contributed by atoms with E-state index in [1.165, 1.54) is 23.0 Å². The van der Waals surface area contributed by atoms with E-state index in [2.05, 4.69) is 40.7 Å². The average molecular weight is 399 g/mol. The van der Waals surface area contributed by atoms with Gasteiger partial charge < -0.3 is 5.73 Å². The van der Waals surface area contributed by atoms with E-state index in [1.54, 1.807) is 12.1 Å². The molecule has 0 radical (unpaired) electrons. The Kier molecular flexibility index (Phi) is 5.24. The molecule has 1 saturated heterocycles. The van der Waals surface area contributed by atoms with Gasteiger partial charge in [-0.15, -0.1) is 5.10 Å². The van der Waals surface area contributed by atoms with Gasteiger partial charge in [0, 0.05) is 6.54 Å². The number of nitrogen functional groups attached to an aromatic ring is 1. The molecule has 12 heteroatoms. The van der Waals surface area contributed by atoms with Crippen molar-refractivity contribution in [3.63, 3.8) is 0 Å². The number of amides is 1. The third kappa shape index (κ3) is 4.11. The third-order valence-corrected chi connectivity index (χ3v) is 4.47. The molecular weight excluding hydrogens is 381 g/mol. The van der Waals surface area contributed by atoms with E-state index in [9.17, 15) is 9.18 Å². The van der Waals surface area contributed by atoms with Gasteiger partial charge in [0.05, 0.1) is 11.9 Å². The Bertz CT molecular complexity index is 1040. The largest absolute Gasteiger partial charge is 0.378 e. The molecule has 2 aromatic heterocycles. The zero-order chi connectivity index (χ0) is 20.2. The summed E-state index contributed by atoms with van der Waals surface area (Å²) in [5, 5.41) is 19.1. The maximum atomic E-state index is 13.2. The minimum atomic E-state index is -0.562. The molecule has 0 saturated carbocycles. The molecular formula is C17H18FN9O2. The number of hydrazone groups is 1. The summed E-state index contributed by atoms with van der Waals surface area (Å²) in [7, 11) is 0. The molecule has 0 aliphatic carbocycles. The third-order valence-electron chi connectivity index (χ3n) is 4.47. The predicted octanol–water partition coefficient (Wildman–Crippen LogP) is 0.731. The predicted molar refractivity (Wildman–Crippen MR) is 99.6 cm³/mol. The summed E-state index contributed by atoms with van der Waals surface area (Å²) in [6, 6.07) is 5.83. The van der Waals surface area contributed by atoms with Gasteiger partial charge in [-0.05, 0) is 53.9 Å². The molecule has 0 spiro atoms. The Balaban J connectivity index is 1.57. The number of carbonyl (C=O) groups is 1. The number of likely N-dealkylation sites (tertiary alicyclic amines) is 1. The summed E-state index contributed by atoms with van der Waals surface area (Å²) >= 11 is 0. The van der Waals surface area contributed by atoms with Crippen LogP contribution in [0.5, 0.6) is 0 Å². The number of hydrogen-bond donors (Lipinski definition) is 2. The zero-order valence-corrected chi connectivity index (χ0v) is 15.3. The van der Waals surface area contributed by atoms with Crippen LogP contribution in [0.2, 0.25) is 0 Å². The molecule has 1 aromatic carbocycles. The topological polar surface area (TPSA) is 140 Å². The zero-order valence-electron chi connectivity index (χ0n) is 15.3. The lowest BCUT2D eigenvalue weighted by molar-refractivity contribution is 0.0948. The quantitative estimate of drug-likeness (QED) is 0.457. The Morgan fingerprint density at radius 2 is 2.17 bits per heavy atom. The van der Waals surface area contributed by atoms with Gasteiger partial charge in [-0.3, -0.25) is 9.69 Å². The van der Waals surface area contributed by atoms with Gasteiger partial charge in [-0.2, -0.15) is 9.78 Å². The van der Waals surface area contributed by atoms with E-state index < -0.39 is 11.7 Å². The van der Waals surface area contributed by atoms with Crippen LogP contribution in [0, 0.1) is 5.82 Å². The van der Waals surface area contributed by atoms with Crippen LogP contribution in [0.1, 0.15) is 34.6 Å². The standard InChI is InChI=1S/C17H18FN9O2/c18-12-5-3-4-11(8-12)9-20-22-17(28)14-13(10-26-6-1-2-7-26)27(25-21-14)16-15(19)23-29-24-16/h3-5,8-9H,1-2,6-7,10H2,(H2,19,23)(H,22,28)/b20-9+. The van der Waals surface area contributed by atoms with Crippen LogP contribution < -0.4 is 11.2 Å². The van der Waals surface area contributed by atoms with Crippen molar-refractivity contribution in [1.82, 2.24) is 35.6 Å². The first-order valence-electron chi connectivity index (χ1n) is 8.96. The molecule has 0 bridgehead atoms. The first-order valence-corrected chi connectivity index (χ1v) is 8.96. The molecule has 150 valence electrons. The highest BCUT2D eigenvalue weighted by Gasteiger charge is 2.26. The number of aromatic nitrogens is 5. The van der Waals surface area contributed by atoms with Crippen molar-refractivity contribution in [3.8, 4) is 5.82 Å². The van der Waals surface area contributed by atoms with Crippen LogP contribution in [0.4, 0.5) is 10.2 Å². The number of nitrogens with two attached hydrogens (primary N) is 1. The van der Waals surface area contributed by atoms with E-state index >= 15 is 0 Å². The van der Waals surface area contributed by atoms with Crippen molar-refractivity contribution in [3.05, 3.63) is 47.0 Å². The minimum absolute atomic E-state index is 0.0358. The fourth-order valence-corrected chi connectivity index (χ4v) is 3.09. The van der Waals surface area contributed by atoms with Crippen LogP contribution in [-0.2, 0) is 6.54 Å². The van der Waals surface area contributed by atoms with E-state index in [-0.39, 0.29) is 17.3 Å². The highest BCUT2D eigenvalue weighted by Crippen LogP contribution is 2.19. The van der Waals surface area contributed by atoms with Crippen LogP contribution in [-0.4, -0.2) is 55.4 Å². The highest BCUT2D eigenvalue weighted by atomic mass is 19.1. The van der Waals surface area contributed by atoms with Gasteiger partial charge in [0.15, 0.2) is 5.69 Å². The van der Waals surface area contributed by atoms with Crippen molar-refractivity contribution in [2.45, 2.75) is 19.4 Å². The summed E-state index contributed by atoms with van der Waals surface area (Å²) < 4.78 is 19.2. The second-order valence-electron chi connectivity index (χ2n) is 6.51. The van der Waals surface area contributed by atoms with Crippen molar-refractivity contribution < 1.29 is 13.8 Å². The summed E-state index contributed by atoms with van der Waals surface area (Å²) in [4.78, 5) is 14.8. The van der Waals surface area contributed by atoms with Crippen LogP contribution >= 0.6 is 0 Å². The van der Waals surface area contributed by atoms with Crippen LogP contribution in [0.15, 0.2) is 34.0 Å². The fraction of sp³-hybridized carbons (Fsp3) is 0.294. The number of benzene rings is 1. The Hall–Kier alpha value is -3.67. The number of hydrogen-bond acceptors (Lipinski definition) is 9. The molecule has 1 amide bonds. The normalized spacial score (nSPS) is 14.7. The lowest BCUT2D eigenvalue weighted by Crippen LogP contribution is -2.25. The second-order valence-corrected chi connectivity index (χ2v) is 6.51. The minimum Gasteiger partial charge on any atom is -0.378 e. The molecule has 1 aliphatic rings. The first-order chi connectivity index (χ1) is 14.1. The van der Waals surface area contributed by atoms with Crippen molar-refractivity contribution >= 4 is 17.9 Å². The molecule has 4 rings (SSSR count). The van der Waals surface area contributed by atoms with Crippen LogP contribution in [0.3, 0.4) is 0 Å². The lowest BCUT2D eigenvalue weighted by Gasteiger charge is -2.15. The van der Waals surface area contributed by atoms with E-state index in [0.717, 1.165) is 25.9 Å². The number of carbonyl (C=O) groups excluding carboxylic acids is 1. The molecule has 1 fully saturated rings. The molecule has 3 aromatic rings. The summed E-state index contributed by atoms with van der Waals surface area (Å²) in [5.41, 5.74) is 9.24. The van der Waals surface area contributed by atoms with Gasteiger partial charge in [0.2, 0.25) is 11.6 Å². The molecule has 0 atom stereocenters. The maximum Gasteiger partial charge on any atom is 0.293 e. The fourth-order valence-electron chi connectivity index (χ4n) is 3.09. The van der Waals surface area contributed by atoms with Crippen molar-refractivity contribution in [1.29, 1.82) is 0 Å². The average Bonchev–Trinajstić information content (AvgIpc) is 3.44. The van der Waals surface area contributed by atoms with E-state index in [4.69, 9.17) is 5.73 Å². The Labute approximate surface area is 164 Å². The molecule has 0 unspecified atom stereocenters. The smallest absolute Gasteiger partial charge is 0.293 e. The van der Waals surface area contributed by atoms with Crippen LogP contribution in [0.25, 0.3) is 5.82 Å². The van der Waals surface area contributed by atoms with Gasteiger partial charge >= 0.3 is 0 Å². The number of anilines is 1. The SMILES string of the molecule is Nc1nonc1-n1nnc(C(=O)N/N=C/c2cccc(F)c2)c1CN1CCCC1. The van der Waals surface area contributed by atoms with E-state index in [0.29, 0.717) is 17.8 Å². The van der Waals surface area contributed by atoms with Crippen molar-refractivity contribution in [2.24, 2.45) is 5.10 Å². The maximum absolute atomic E-state index is 13.2. The highest BCUT2D eigenvalue weighted by molar-refractivity contribution is 5.94. The Morgan fingerprint density at radius 3 is 2.90 bits per heavy atom. The van der Waals surface area contributed by atoms with Gasteiger partial charge in [-0.1, -0.05) is 17.3 Å². The summed E-state index contributed by atoms with van der Waals surface area (Å²) in [6.07, 6.45) is 3.49. The van der Waals surface area contributed by atoms with Gasteiger partial charge in [-0.25, -0.2) is 14.4 Å². The number of halogens is 1. The number of nitrogens with zero attached hydrogens (tertiary/aromatic N) is 7. The molecule has 3 N–H and O–H groups in total. The lowest BCUT2D eigenvalue weighted by atomic mass is 10.2. The number of rotatable bonds is 6. The van der Waals surface area contributed by atoms with E-state index in [1.807, 2.05) is 0 Å². The summed E-state index contributed by atoms with van der Waals surface area (Å²) in [5.74, 6) is -0.759. The van der Waals surface area contributed by atoms with Gasteiger partial charge in [0.1, 0.15) is 5.82 Å². The first kappa shape index (κ1) is 18.7.